The number of hydrogen-bond donors (Lipinski definition) is 1. The Balaban J connectivity index is 1.79. The van der Waals surface area contributed by atoms with Crippen molar-refractivity contribution < 1.29 is 19.1 Å². The SMILES string of the molecule is CCCNC(=O)CN1C(=O)CS[C@H](c2ccccc2OC)c2c(-c3ccccc3)nn(-c3ccc(OC)cc3)c21. The van der Waals surface area contributed by atoms with Crippen molar-refractivity contribution >= 4 is 29.4 Å². The van der Waals surface area contributed by atoms with Crippen LogP contribution in [0.3, 0.4) is 0 Å². The maximum absolute atomic E-state index is 13.8. The number of aromatic nitrogens is 2. The van der Waals surface area contributed by atoms with E-state index in [2.05, 4.69) is 5.32 Å². The monoisotopic (exact) mass is 556 g/mol. The molecule has 0 spiro atoms. The summed E-state index contributed by atoms with van der Waals surface area (Å²) in [5.74, 6) is 1.81. The van der Waals surface area contributed by atoms with Crippen molar-refractivity contribution in [3.63, 3.8) is 0 Å². The standard InChI is InChI=1S/C31H32N4O4S/c1-4-18-32-26(36)19-34-27(37)20-40-30(24-12-8-9-13-25(24)39-3)28-29(21-10-6-5-7-11-21)33-35(31(28)34)22-14-16-23(38-2)17-15-22/h5-17,30H,4,18-20H2,1-3H3,(H,32,36)/t30-/m1/s1. The first-order chi connectivity index (χ1) is 19.5. The van der Waals surface area contributed by atoms with E-state index in [0.29, 0.717) is 18.1 Å². The van der Waals surface area contributed by atoms with Crippen molar-refractivity contribution in [2.75, 3.05) is 38.0 Å². The highest BCUT2D eigenvalue weighted by Gasteiger charge is 2.38. The quantitative estimate of drug-likeness (QED) is 0.303. The maximum atomic E-state index is 13.8. The van der Waals surface area contributed by atoms with E-state index in [1.54, 1.807) is 23.8 Å². The highest BCUT2D eigenvalue weighted by atomic mass is 32.2. The lowest BCUT2D eigenvalue weighted by atomic mass is 9.99. The van der Waals surface area contributed by atoms with Gasteiger partial charge in [0.2, 0.25) is 11.8 Å². The summed E-state index contributed by atoms with van der Waals surface area (Å²) in [6.45, 7) is 2.43. The number of methoxy groups -OCH3 is 2. The third-order valence-electron chi connectivity index (χ3n) is 6.75. The molecule has 1 N–H and O–H groups in total. The lowest BCUT2D eigenvalue weighted by Gasteiger charge is -2.23. The molecule has 0 unspecified atom stereocenters. The van der Waals surface area contributed by atoms with Crippen LogP contribution < -0.4 is 19.7 Å². The van der Waals surface area contributed by atoms with E-state index in [0.717, 1.165) is 40.2 Å². The Hall–Kier alpha value is -4.24. The zero-order valence-corrected chi connectivity index (χ0v) is 23.6. The number of benzene rings is 3. The molecule has 0 radical (unpaired) electrons. The first kappa shape index (κ1) is 27.3. The number of thioether (sulfide) groups is 1. The predicted octanol–water partition coefficient (Wildman–Crippen LogP) is 5.25. The van der Waals surface area contributed by atoms with Crippen LogP contribution in [0, 0.1) is 0 Å². The van der Waals surface area contributed by atoms with Gasteiger partial charge in [-0.3, -0.25) is 14.5 Å². The number of amides is 2. The van der Waals surface area contributed by atoms with Crippen LogP contribution >= 0.6 is 11.8 Å². The van der Waals surface area contributed by atoms with Gasteiger partial charge in [0.15, 0.2) is 0 Å². The molecule has 206 valence electrons. The number of rotatable bonds is 9. The first-order valence-electron chi connectivity index (χ1n) is 13.2. The van der Waals surface area contributed by atoms with Gasteiger partial charge in [0.05, 0.1) is 36.6 Å². The summed E-state index contributed by atoms with van der Waals surface area (Å²) in [6, 6.07) is 25.3. The van der Waals surface area contributed by atoms with E-state index in [1.165, 1.54) is 11.8 Å². The third-order valence-corrected chi connectivity index (χ3v) is 7.99. The Morgan fingerprint density at radius 3 is 2.42 bits per heavy atom. The number of para-hydroxylation sites is 1. The minimum Gasteiger partial charge on any atom is -0.497 e. The maximum Gasteiger partial charge on any atom is 0.240 e. The second-order valence-electron chi connectivity index (χ2n) is 9.32. The molecule has 2 amide bonds. The molecule has 1 aliphatic heterocycles. The number of hydrogen-bond acceptors (Lipinski definition) is 6. The van der Waals surface area contributed by atoms with E-state index in [-0.39, 0.29) is 29.4 Å². The molecule has 0 aliphatic carbocycles. The predicted molar refractivity (Wildman–Crippen MR) is 159 cm³/mol. The molecular weight excluding hydrogens is 524 g/mol. The lowest BCUT2D eigenvalue weighted by Crippen LogP contribution is -2.42. The van der Waals surface area contributed by atoms with Gasteiger partial charge >= 0.3 is 0 Å². The zero-order chi connectivity index (χ0) is 28.1. The molecule has 3 aromatic carbocycles. The van der Waals surface area contributed by atoms with Crippen LogP contribution in [-0.2, 0) is 9.59 Å². The normalized spacial score (nSPS) is 14.8. The average Bonchev–Trinajstić information content (AvgIpc) is 3.33. The van der Waals surface area contributed by atoms with Crippen molar-refractivity contribution in [2.45, 2.75) is 18.6 Å². The van der Waals surface area contributed by atoms with Crippen LogP contribution in [0.1, 0.15) is 29.7 Å². The number of carbonyl (C=O) groups is 2. The summed E-state index contributed by atoms with van der Waals surface area (Å²) in [6.07, 6.45) is 0.804. The smallest absolute Gasteiger partial charge is 0.240 e. The molecule has 8 nitrogen and oxygen atoms in total. The summed E-state index contributed by atoms with van der Waals surface area (Å²) < 4.78 is 12.9. The van der Waals surface area contributed by atoms with E-state index < -0.39 is 0 Å². The van der Waals surface area contributed by atoms with Crippen molar-refractivity contribution in [3.05, 3.63) is 90.0 Å². The molecule has 1 aromatic heterocycles. The largest absolute Gasteiger partial charge is 0.497 e. The summed E-state index contributed by atoms with van der Waals surface area (Å²) in [4.78, 5) is 28.4. The van der Waals surface area contributed by atoms with Gasteiger partial charge in [-0.2, -0.15) is 5.10 Å². The van der Waals surface area contributed by atoms with Crippen molar-refractivity contribution in [2.24, 2.45) is 0 Å². The van der Waals surface area contributed by atoms with Gasteiger partial charge in [0.1, 0.15) is 23.9 Å². The first-order valence-corrected chi connectivity index (χ1v) is 14.2. The van der Waals surface area contributed by atoms with Crippen LogP contribution in [0.15, 0.2) is 78.9 Å². The van der Waals surface area contributed by atoms with E-state index in [1.807, 2.05) is 85.8 Å². The van der Waals surface area contributed by atoms with E-state index >= 15 is 0 Å². The highest BCUT2D eigenvalue weighted by molar-refractivity contribution is 8.00. The summed E-state index contributed by atoms with van der Waals surface area (Å²) in [5, 5.41) is 7.75. The van der Waals surface area contributed by atoms with Crippen LogP contribution in [0.25, 0.3) is 16.9 Å². The Bertz CT molecular complexity index is 1490. The minimum atomic E-state index is -0.277. The Morgan fingerprint density at radius 1 is 1.00 bits per heavy atom. The molecule has 2 heterocycles. The molecule has 9 heteroatoms. The fourth-order valence-corrected chi connectivity index (χ4v) is 6.05. The molecule has 40 heavy (non-hydrogen) atoms. The highest BCUT2D eigenvalue weighted by Crippen LogP contribution is 2.50. The molecule has 1 aliphatic rings. The molecule has 1 atom stereocenters. The Morgan fingerprint density at radius 2 is 1.73 bits per heavy atom. The number of carbonyl (C=O) groups excluding carboxylic acids is 2. The van der Waals surface area contributed by atoms with Gasteiger partial charge in [-0.1, -0.05) is 55.5 Å². The zero-order valence-electron chi connectivity index (χ0n) is 22.8. The van der Waals surface area contributed by atoms with Crippen molar-refractivity contribution in [1.82, 2.24) is 15.1 Å². The van der Waals surface area contributed by atoms with Crippen LogP contribution in [0.2, 0.25) is 0 Å². The van der Waals surface area contributed by atoms with Gasteiger partial charge < -0.3 is 14.8 Å². The molecule has 0 bridgehead atoms. The molecule has 0 saturated heterocycles. The van der Waals surface area contributed by atoms with Gasteiger partial charge in [-0.05, 0) is 36.8 Å². The number of nitrogens with zero attached hydrogens (tertiary/aromatic N) is 3. The number of anilines is 1. The lowest BCUT2D eigenvalue weighted by molar-refractivity contribution is -0.122. The van der Waals surface area contributed by atoms with Crippen LogP contribution in [0.5, 0.6) is 11.5 Å². The van der Waals surface area contributed by atoms with Crippen LogP contribution in [-0.4, -0.2) is 54.7 Å². The minimum absolute atomic E-state index is 0.110. The molecular formula is C31H32N4O4S. The van der Waals surface area contributed by atoms with Gasteiger partial charge in [0, 0.05) is 23.2 Å². The van der Waals surface area contributed by atoms with E-state index in [9.17, 15) is 9.59 Å². The molecule has 5 rings (SSSR count). The van der Waals surface area contributed by atoms with Crippen molar-refractivity contribution in [1.29, 1.82) is 0 Å². The number of fused-ring (bicyclic) bond motifs is 1. The second-order valence-corrected chi connectivity index (χ2v) is 10.4. The fourth-order valence-electron chi connectivity index (χ4n) is 4.82. The summed E-state index contributed by atoms with van der Waals surface area (Å²) in [7, 11) is 3.27. The molecule has 4 aromatic rings. The van der Waals surface area contributed by atoms with Gasteiger partial charge in [-0.15, -0.1) is 11.8 Å². The topological polar surface area (TPSA) is 85.7 Å². The summed E-state index contributed by atoms with van der Waals surface area (Å²) in [5.41, 5.74) is 4.19. The van der Waals surface area contributed by atoms with Gasteiger partial charge in [0.25, 0.3) is 0 Å². The third kappa shape index (κ3) is 5.42. The Labute approximate surface area is 238 Å². The van der Waals surface area contributed by atoms with Crippen molar-refractivity contribution in [3.8, 4) is 28.4 Å². The fraction of sp³-hybridized carbons (Fsp3) is 0.258. The van der Waals surface area contributed by atoms with E-state index in [4.69, 9.17) is 14.6 Å². The molecule has 0 fully saturated rings. The second kappa shape index (κ2) is 12.3. The number of nitrogens with one attached hydrogen (secondary N) is 1. The van der Waals surface area contributed by atoms with Gasteiger partial charge in [-0.25, -0.2) is 4.68 Å². The van der Waals surface area contributed by atoms with Crippen LogP contribution in [0.4, 0.5) is 5.82 Å². The summed E-state index contributed by atoms with van der Waals surface area (Å²) >= 11 is 1.51. The Kier molecular flexibility index (Phi) is 8.40. The number of ether oxygens (including phenoxy) is 2. The average molecular weight is 557 g/mol. The molecule has 0 saturated carbocycles.